The van der Waals surface area contributed by atoms with Crippen molar-refractivity contribution < 1.29 is 9.90 Å². The summed E-state index contributed by atoms with van der Waals surface area (Å²) in [4.78, 5) is 14.5. The Bertz CT molecular complexity index is 353. The van der Waals surface area contributed by atoms with Gasteiger partial charge in [0.25, 0.3) is 0 Å². The molecule has 2 atom stereocenters. The van der Waals surface area contributed by atoms with Gasteiger partial charge < -0.3 is 10.4 Å². The van der Waals surface area contributed by atoms with Crippen LogP contribution in [0.15, 0.2) is 17.5 Å². The molecule has 1 aliphatic heterocycles. The molecular formula is C11H16N2O2S. The first-order valence-corrected chi connectivity index (χ1v) is 6.31. The van der Waals surface area contributed by atoms with Crippen molar-refractivity contribution in [1.82, 2.24) is 10.2 Å². The molecule has 0 aliphatic carbocycles. The fourth-order valence-electron chi connectivity index (χ4n) is 2.11. The van der Waals surface area contributed by atoms with Crippen LogP contribution in [0.4, 0.5) is 0 Å². The maximum absolute atomic E-state index is 11.2. The number of hydrogen-bond acceptors (Lipinski definition) is 4. The predicted octanol–water partition coefficient (Wildman–Crippen LogP) is 1.17. The van der Waals surface area contributed by atoms with E-state index >= 15 is 0 Å². The van der Waals surface area contributed by atoms with Gasteiger partial charge >= 0.3 is 5.97 Å². The van der Waals surface area contributed by atoms with Crippen LogP contribution < -0.4 is 5.32 Å². The number of piperazine rings is 1. The van der Waals surface area contributed by atoms with E-state index in [2.05, 4.69) is 23.2 Å². The third kappa shape index (κ3) is 2.26. The van der Waals surface area contributed by atoms with E-state index in [1.54, 1.807) is 11.3 Å². The first kappa shape index (κ1) is 11.6. The monoisotopic (exact) mass is 240 g/mol. The summed E-state index contributed by atoms with van der Waals surface area (Å²) in [5, 5.41) is 14.3. The molecule has 1 aromatic heterocycles. The first-order chi connectivity index (χ1) is 7.70. The SMILES string of the molecule is C[C@H](c1cccs1)N1CCNC[C@H]1C(=O)O. The lowest BCUT2D eigenvalue weighted by Crippen LogP contribution is -2.55. The molecule has 4 nitrogen and oxygen atoms in total. The van der Waals surface area contributed by atoms with Crippen molar-refractivity contribution in [2.75, 3.05) is 19.6 Å². The highest BCUT2D eigenvalue weighted by Crippen LogP contribution is 2.26. The van der Waals surface area contributed by atoms with Gasteiger partial charge in [0.15, 0.2) is 0 Å². The Morgan fingerprint density at radius 2 is 2.56 bits per heavy atom. The van der Waals surface area contributed by atoms with E-state index in [1.165, 1.54) is 4.88 Å². The van der Waals surface area contributed by atoms with Gasteiger partial charge in [-0.25, -0.2) is 0 Å². The molecule has 5 heteroatoms. The largest absolute Gasteiger partial charge is 0.480 e. The zero-order valence-electron chi connectivity index (χ0n) is 9.22. The maximum atomic E-state index is 11.2. The molecule has 2 rings (SSSR count). The fraction of sp³-hybridized carbons (Fsp3) is 0.545. The Labute approximate surface area is 98.9 Å². The molecular weight excluding hydrogens is 224 g/mol. The first-order valence-electron chi connectivity index (χ1n) is 5.43. The normalized spacial score (nSPS) is 24.2. The van der Waals surface area contributed by atoms with Crippen LogP contribution in [-0.4, -0.2) is 41.7 Å². The van der Waals surface area contributed by atoms with Crippen LogP contribution >= 0.6 is 11.3 Å². The molecule has 0 radical (unpaired) electrons. The highest BCUT2D eigenvalue weighted by atomic mass is 32.1. The van der Waals surface area contributed by atoms with Crippen LogP contribution in [0.1, 0.15) is 17.8 Å². The van der Waals surface area contributed by atoms with Gasteiger partial charge in [-0.2, -0.15) is 0 Å². The number of carbonyl (C=O) groups is 1. The van der Waals surface area contributed by atoms with Crippen molar-refractivity contribution in [3.05, 3.63) is 22.4 Å². The van der Waals surface area contributed by atoms with E-state index in [1.807, 2.05) is 11.4 Å². The van der Waals surface area contributed by atoms with Crippen molar-refractivity contribution >= 4 is 17.3 Å². The highest BCUT2D eigenvalue weighted by molar-refractivity contribution is 7.10. The lowest BCUT2D eigenvalue weighted by molar-refractivity contribution is -0.145. The molecule has 88 valence electrons. The zero-order valence-corrected chi connectivity index (χ0v) is 10.0. The minimum absolute atomic E-state index is 0.184. The summed E-state index contributed by atoms with van der Waals surface area (Å²) in [5.41, 5.74) is 0. The number of carboxylic acid groups (broad SMARTS) is 1. The number of hydrogen-bond donors (Lipinski definition) is 2. The standard InChI is InChI=1S/C11H16N2O2S/c1-8(10-3-2-6-16-10)13-5-4-12-7-9(13)11(14)15/h2-3,6,8-9,12H,4-5,7H2,1H3,(H,14,15)/t8-,9+/m1/s1. The van der Waals surface area contributed by atoms with Crippen molar-refractivity contribution in [1.29, 1.82) is 0 Å². The van der Waals surface area contributed by atoms with E-state index in [0.717, 1.165) is 13.1 Å². The quantitative estimate of drug-likeness (QED) is 0.832. The summed E-state index contributed by atoms with van der Waals surface area (Å²) in [6, 6.07) is 3.85. The number of rotatable bonds is 3. The highest BCUT2D eigenvalue weighted by Gasteiger charge is 2.32. The number of aliphatic carboxylic acids is 1. The van der Waals surface area contributed by atoms with Crippen LogP contribution in [0.3, 0.4) is 0 Å². The Morgan fingerprint density at radius 3 is 3.19 bits per heavy atom. The molecule has 2 N–H and O–H groups in total. The minimum Gasteiger partial charge on any atom is -0.480 e. The van der Waals surface area contributed by atoms with Crippen LogP contribution in [0.2, 0.25) is 0 Å². The number of thiophene rings is 1. The van der Waals surface area contributed by atoms with Gasteiger partial charge in [0.1, 0.15) is 6.04 Å². The smallest absolute Gasteiger partial charge is 0.322 e. The van der Waals surface area contributed by atoms with E-state index < -0.39 is 12.0 Å². The van der Waals surface area contributed by atoms with E-state index in [4.69, 9.17) is 0 Å². The Kier molecular flexibility index (Phi) is 3.58. The second kappa shape index (κ2) is 4.95. The molecule has 2 heterocycles. The maximum Gasteiger partial charge on any atom is 0.322 e. The molecule has 16 heavy (non-hydrogen) atoms. The number of nitrogens with zero attached hydrogens (tertiary/aromatic N) is 1. The topological polar surface area (TPSA) is 52.6 Å². The molecule has 0 amide bonds. The van der Waals surface area contributed by atoms with Crippen molar-refractivity contribution in [3.63, 3.8) is 0 Å². The van der Waals surface area contributed by atoms with E-state index in [9.17, 15) is 9.90 Å². The fourth-order valence-corrected chi connectivity index (χ4v) is 2.91. The minimum atomic E-state index is -0.740. The van der Waals surface area contributed by atoms with Crippen molar-refractivity contribution in [3.8, 4) is 0 Å². The molecule has 1 saturated heterocycles. The average Bonchev–Trinajstić information content (AvgIpc) is 2.81. The van der Waals surface area contributed by atoms with Crippen molar-refractivity contribution in [2.45, 2.75) is 19.0 Å². The summed E-state index contributed by atoms with van der Waals surface area (Å²) in [6.45, 7) is 4.26. The summed E-state index contributed by atoms with van der Waals surface area (Å²) in [7, 11) is 0. The van der Waals surface area contributed by atoms with Crippen LogP contribution in [0.5, 0.6) is 0 Å². The molecule has 0 unspecified atom stereocenters. The van der Waals surface area contributed by atoms with Crippen molar-refractivity contribution in [2.24, 2.45) is 0 Å². The number of carboxylic acids is 1. The zero-order chi connectivity index (χ0) is 11.5. The molecule has 0 bridgehead atoms. The van der Waals surface area contributed by atoms with Gasteiger partial charge in [0, 0.05) is 30.6 Å². The van der Waals surface area contributed by atoms with Crippen LogP contribution in [-0.2, 0) is 4.79 Å². The second-order valence-corrected chi connectivity index (χ2v) is 4.97. The molecule has 0 saturated carbocycles. The Morgan fingerprint density at radius 1 is 1.75 bits per heavy atom. The van der Waals surface area contributed by atoms with Gasteiger partial charge in [-0.3, -0.25) is 9.69 Å². The summed E-state index contributed by atoms with van der Waals surface area (Å²) in [6.07, 6.45) is 0. The summed E-state index contributed by atoms with van der Waals surface area (Å²) < 4.78 is 0. The van der Waals surface area contributed by atoms with Gasteiger partial charge in [-0.1, -0.05) is 6.07 Å². The summed E-state index contributed by atoms with van der Waals surface area (Å²) in [5.74, 6) is -0.740. The third-order valence-electron chi connectivity index (χ3n) is 3.02. The lowest BCUT2D eigenvalue weighted by Gasteiger charge is -2.37. The van der Waals surface area contributed by atoms with Gasteiger partial charge in [0.2, 0.25) is 0 Å². The molecule has 1 aliphatic rings. The predicted molar refractivity (Wildman–Crippen MR) is 63.7 cm³/mol. The van der Waals surface area contributed by atoms with Crippen LogP contribution in [0.25, 0.3) is 0 Å². The van der Waals surface area contributed by atoms with Gasteiger partial charge in [-0.15, -0.1) is 11.3 Å². The lowest BCUT2D eigenvalue weighted by atomic mass is 10.1. The third-order valence-corrected chi connectivity index (χ3v) is 4.06. The molecule has 0 spiro atoms. The van der Waals surface area contributed by atoms with Gasteiger partial charge in [0.05, 0.1) is 0 Å². The Balaban J connectivity index is 2.14. The molecule has 1 fully saturated rings. The van der Waals surface area contributed by atoms with E-state index in [0.29, 0.717) is 6.54 Å². The Hall–Kier alpha value is -0.910. The summed E-state index contributed by atoms with van der Waals surface area (Å²) >= 11 is 1.68. The molecule has 1 aromatic rings. The van der Waals surface area contributed by atoms with Gasteiger partial charge in [-0.05, 0) is 18.4 Å². The average molecular weight is 240 g/mol. The van der Waals surface area contributed by atoms with E-state index in [-0.39, 0.29) is 6.04 Å². The number of nitrogens with one attached hydrogen (secondary N) is 1. The van der Waals surface area contributed by atoms with Crippen LogP contribution in [0, 0.1) is 0 Å². The molecule has 0 aromatic carbocycles. The second-order valence-electron chi connectivity index (χ2n) is 3.99.